The van der Waals surface area contributed by atoms with Crippen molar-refractivity contribution in [2.75, 3.05) is 0 Å². The molecule has 0 amide bonds. The van der Waals surface area contributed by atoms with E-state index < -0.39 is 6.49 Å². The van der Waals surface area contributed by atoms with Gasteiger partial charge in [-0.1, -0.05) is 287 Å². The van der Waals surface area contributed by atoms with Gasteiger partial charge in [0.25, 0.3) is 0 Å². The van der Waals surface area contributed by atoms with Crippen LogP contribution in [0.5, 0.6) is 0 Å². The van der Waals surface area contributed by atoms with E-state index in [1.54, 1.807) is 20.7 Å². The van der Waals surface area contributed by atoms with Crippen molar-refractivity contribution < 1.29 is 4.57 Å². The number of benzene rings is 2. The molecule has 12 radical (unpaired) electrons. The second kappa shape index (κ2) is 34.8. The first-order valence-corrected chi connectivity index (χ1v) is 33.8. The minimum Gasteiger partial charge on any atom is -0.296 e. The van der Waals surface area contributed by atoms with E-state index in [4.69, 9.17) is 11.2 Å². The summed E-state index contributed by atoms with van der Waals surface area (Å²) in [5.74, 6) is 0. The first-order chi connectivity index (χ1) is 27.9. The average Bonchev–Trinajstić information content (AvgIpc) is 3.21. The third-order valence-corrected chi connectivity index (χ3v) is 24.2. The Morgan fingerprint density at radius 2 is 0.596 bits per heavy atom. The van der Waals surface area contributed by atoms with Crippen LogP contribution in [0.4, 0.5) is 0 Å². The lowest BCUT2D eigenvalue weighted by atomic mass is 10.2. The van der Waals surface area contributed by atoms with Gasteiger partial charge in [0.15, 0.2) is 0 Å². The highest BCUT2D eigenvalue weighted by Crippen LogP contribution is 2.47. The van der Waals surface area contributed by atoms with E-state index in [9.17, 15) is 0 Å². The van der Waals surface area contributed by atoms with E-state index in [2.05, 4.69) is 65.8 Å². The van der Waals surface area contributed by atoms with Gasteiger partial charge in [-0.25, -0.2) is 0 Å². The Morgan fingerprint density at radius 3 is 0.860 bits per heavy atom. The zero-order valence-electron chi connectivity index (χ0n) is 37.8. The zero-order valence-corrected chi connectivity index (χ0v) is 45.4. The van der Waals surface area contributed by atoms with Gasteiger partial charge in [-0.2, -0.15) is 0 Å². The van der Waals surface area contributed by atoms with Crippen molar-refractivity contribution in [1.82, 2.24) is 0 Å². The minimum absolute atomic E-state index is 0.698. The molecule has 0 atom stereocenters. The zero-order chi connectivity index (χ0) is 41.4. The van der Waals surface area contributed by atoms with Gasteiger partial charge < -0.3 is 0 Å². The summed E-state index contributed by atoms with van der Waals surface area (Å²) in [6.45, 7) is 10.5. The predicted molar refractivity (Wildman–Crippen MR) is 272 cm³/mol. The van der Waals surface area contributed by atoms with Crippen molar-refractivity contribution in [2.24, 2.45) is 0 Å². The van der Waals surface area contributed by atoms with E-state index in [0.717, 1.165) is 48.7 Å². The average molecular weight is 910 g/mol. The van der Waals surface area contributed by atoms with Crippen LogP contribution in [0.2, 0.25) is 36.3 Å². The molecule has 0 aliphatic rings. The molecule has 0 saturated carbocycles. The second-order valence-electron chi connectivity index (χ2n) is 16.2. The molecule has 0 saturated heterocycles. The Bertz CT molecular complexity index is 1260. The van der Waals surface area contributed by atoms with Crippen LogP contribution in [0.25, 0.3) is 0 Å². The van der Waals surface area contributed by atoms with Gasteiger partial charge in [-0.3, -0.25) is 4.57 Å². The van der Waals surface area contributed by atoms with Gasteiger partial charge in [0.1, 0.15) is 0 Å². The van der Waals surface area contributed by atoms with Crippen LogP contribution in [0.15, 0.2) is 24.3 Å². The fourth-order valence-corrected chi connectivity index (χ4v) is 21.7. The van der Waals surface area contributed by atoms with Crippen molar-refractivity contribution in [3.05, 3.63) is 24.3 Å². The highest BCUT2D eigenvalue weighted by Gasteiger charge is 2.33. The van der Waals surface area contributed by atoms with E-state index in [1.165, 1.54) is 201 Å². The molecule has 9 heteroatoms. The summed E-state index contributed by atoms with van der Waals surface area (Å²) in [7, 11) is 4.69. The normalized spacial score (nSPS) is 11.9. The maximum absolute atomic E-state index is 15.9. The summed E-state index contributed by atoms with van der Waals surface area (Å²) < 4.78 is 15.9. The van der Waals surface area contributed by atoms with Crippen molar-refractivity contribution in [3.63, 3.8) is 0 Å². The maximum Gasteiger partial charge on any atom is 0.225 e. The molecule has 2 aromatic carbocycles. The first-order valence-electron chi connectivity index (χ1n) is 24.0. The SMILES string of the molecule is CCCCCC[Si]c1ccc(P(=O)(Cl)c2ccc([Si]CCCCCC)c([Si]CCCCCC)c2[Si]CCCCCC)c([Si]CCCCCC)c1[Si]CCCCCC. The van der Waals surface area contributed by atoms with Gasteiger partial charge >= 0.3 is 0 Å². The summed E-state index contributed by atoms with van der Waals surface area (Å²) in [5.41, 5.74) is 0. The smallest absolute Gasteiger partial charge is 0.225 e. The van der Waals surface area contributed by atoms with Crippen LogP contribution in [0.1, 0.15) is 196 Å². The van der Waals surface area contributed by atoms with Gasteiger partial charge in [-0.05, 0) is 11.2 Å². The number of rotatable bonds is 38. The van der Waals surface area contributed by atoms with Crippen molar-refractivity contribution in [2.45, 2.75) is 232 Å². The predicted octanol–water partition coefficient (Wildman–Crippen LogP) is 11.1. The molecule has 0 aromatic heterocycles. The molecule has 0 aliphatic carbocycles. The van der Waals surface area contributed by atoms with Gasteiger partial charge in [0, 0.05) is 10.6 Å². The van der Waals surface area contributed by atoms with Crippen LogP contribution in [-0.2, 0) is 4.57 Å². The van der Waals surface area contributed by atoms with Gasteiger partial charge in [0.2, 0.25) is 6.49 Å². The van der Waals surface area contributed by atoms with Crippen LogP contribution < -0.4 is 41.7 Å². The topological polar surface area (TPSA) is 17.1 Å². The summed E-state index contributed by atoms with van der Waals surface area (Å²) in [6.07, 6.45) is 31.4. The third kappa shape index (κ3) is 21.3. The van der Waals surface area contributed by atoms with Crippen LogP contribution >= 0.6 is 17.7 Å². The quantitative estimate of drug-likeness (QED) is 0.0373. The van der Waals surface area contributed by atoms with E-state index in [1.807, 2.05) is 0 Å². The molecule has 0 unspecified atom stereocenters. The number of unbranched alkanes of at least 4 members (excludes halogenated alkanes) is 18. The summed E-state index contributed by atoms with van der Waals surface area (Å²) in [4.78, 5) is 0. The lowest BCUT2D eigenvalue weighted by Gasteiger charge is -2.25. The molecule has 57 heavy (non-hydrogen) atoms. The lowest BCUT2D eigenvalue weighted by Crippen LogP contribution is -2.57. The summed E-state index contributed by atoms with van der Waals surface area (Å²) >= 11 is 7.87. The molecule has 0 aliphatic heterocycles. The fourth-order valence-electron chi connectivity index (χ4n) is 7.42. The standard InChI is InChI=1S/C48H82ClOPSi6/c1-7-13-19-25-35-52-43-33-31-41(45(54-37-27-21-15-9-3)47(43)56-39-29-23-17-11-5)51(49,50)42-32-34-44(53-36-26-20-14-8-2)48(57-40-30-24-18-12-6)46(42)55-38-28-22-16-10-4/h31-34H,7-30,35-40H2,1-6H3. The van der Waals surface area contributed by atoms with Crippen LogP contribution in [0.3, 0.4) is 0 Å². The van der Waals surface area contributed by atoms with E-state index in [0.29, 0.717) is 19.0 Å². The molecule has 0 fully saturated rings. The van der Waals surface area contributed by atoms with Gasteiger partial charge in [-0.15, -0.1) is 0 Å². The Kier molecular flexibility index (Phi) is 32.6. The number of hydrogen-bond acceptors (Lipinski definition) is 1. The largest absolute Gasteiger partial charge is 0.296 e. The number of halogens is 1. The van der Waals surface area contributed by atoms with Crippen molar-refractivity contribution in [3.8, 4) is 0 Å². The number of hydrogen-bond donors (Lipinski definition) is 0. The monoisotopic (exact) mass is 908 g/mol. The lowest BCUT2D eigenvalue weighted by molar-refractivity contribution is 0.595. The van der Waals surface area contributed by atoms with E-state index in [-0.39, 0.29) is 0 Å². The Labute approximate surface area is 374 Å². The molecule has 0 N–H and O–H groups in total. The molecule has 0 spiro atoms. The fraction of sp³-hybridized carbons (Fsp3) is 0.750. The third-order valence-electron chi connectivity index (χ3n) is 11.0. The van der Waals surface area contributed by atoms with Crippen molar-refractivity contribution >= 4 is 117 Å². The molecule has 1 nitrogen and oxygen atoms in total. The molecule has 0 heterocycles. The van der Waals surface area contributed by atoms with Crippen molar-refractivity contribution in [1.29, 1.82) is 0 Å². The molecular formula is C48H82ClOPSi6. The Morgan fingerprint density at radius 1 is 0.351 bits per heavy atom. The molecular weight excluding hydrogens is 827 g/mol. The highest BCUT2D eigenvalue weighted by molar-refractivity contribution is 8.01. The highest BCUT2D eigenvalue weighted by atomic mass is 35.7. The molecule has 0 bridgehead atoms. The molecule has 316 valence electrons. The van der Waals surface area contributed by atoms with Crippen LogP contribution in [0, 0.1) is 0 Å². The Hall–Kier alpha value is 0.261. The second-order valence-corrected chi connectivity index (χ2v) is 27.9. The summed E-state index contributed by atoms with van der Waals surface area (Å²) in [5, 5.41) is 11.2. The van der Waals surface area contributed by atoms with Crippen LogP contribution in [-0.4, -0.2) is 57.1 Å². The molecule has 2 aromatic rings. The van der Waals surface area contributed by atoms with Gasteiger partial charge in [0.05, 0.1) is 57.1 Å². The minimum atomic E-state index is -3.37. The molecule has 2 rings (SSSR count). The summed E-state index contributed by atoms with van der Waals surface area (Å²) in [6, 6.07) is 16.9. The van der Waals surface area contributed by atoms with E-state index >= 15 is 4.57 Å². The Balaban J connectivity index is 2.75. The first kappa shape index (κ1) is 53.4. The maximum atomic E-state index is 15.9.